The zero-order valence-corrected chi connectivity index (χ0v) is 19.8. The zero-order chi connectivity index (χ0) is 23.0. The van der Waals surface area contributed by atoms with Crippen molar-refractivity contribution in [2.75, 3.05) is 30.9 Å². The van der Waals surface area contributed by atoms with Gasteiger partial charge in [0, 0.05) is 38.4 Å². The normalized spacial score (nSPS) is 12.2. The van der Waals surface area contributed by atoms with Crippen molar-refractivity contribution in [3.63, 3.8) is 0 Å². The van der Waals surface area contributed by atoms with Gasteiger partial charge in [0.15, 0.2) is 0 Å². The lowest BCUT2D eigenvalue weighted by molar-refractivity contribution is -0.117. The third kappa shape index (κ3) is 8.44. The Hall–Kier alpha value is -2.82. The third-order valence-corrected chi connectivity index (χ3v) is 5.04. The first-order chi connectivity index (χ1) is 14.5. The van der Waals surface area contributed by atoms with Crippen LogP contribution in [0.5, 0.6) is 0 Å². The van der Waals surface area contributed by atoms with Gasteiger partial charge in [0.25, 0.3) is 5.91 Å². The summed E-state index contributed by atoms with van der Waals surface area (Å²) in [6.07, 6.45) is 2.21. The molecule has 2 aromatic carbocycles. The van der Waals surface area contributed by atoms with Crippen LogP contribution in [-0.4, -0.2) is 32.5 Å². The molecule has 2 amide bonds. The summed E-state index contributed by atoms with van der Waals surface area (Å²) in [6.45, 7) is 9.21. The highest BCUT2D eigenvalue weighted by atomic mass is 16.2. The van der Waals surface area contributed by atoms with Gasteiger partial charge in [-0.25, -0.2) is 0 Å². The summed E-state index contributed by atoms with van der Waals surface area (Å²) in [5.41, 5.74) is 3.39. The van der Waals surface area contributed by atoms with E-state index in [9.17, 15) is 9.59 Å². The smallest absolute Gasteiger partial charge is 0.253 e. The minimum Gasteiger partial charge on any atom is -0.377 e. The molecule has 0 aliphatic heterocycles. The predicted molar refractivity (Wildman–Crippen MR) is 130 cm³/mol. The maximum Gasteiger partial charge on any atom is 0.253 e. The van der Waals surface area contributed by atoms with Crippen LogP contribution in [-0.2, 0) is 11.2 Å². The Morgan fingerprint density at radius 2 is 1.71 bits per heavy atom. The lowest BCUT2D eigenvalue weighted by atomic mass is 9.84. The summed E-state index contributed by atoms with van der Waals surface area (Å²) in [5, 5.41) is 5.97. The highest BCUT2D eigenvalue weighted by Crippen LogP contribution is 2.27. The lowest BCUT2D eigenvalue weighted by Gasteiger charge is -2.23. The Balaban J connectivity index is 2.04. The Morgan fingerprint density at radius 3 is 2.32 bits per heavy atom. The van der Waals surface area contributed by atoms with Crippen molar-refractivity contribution in [2.45, 2.75) is 47.0 Å². The van der Waals surface area contributed by atoms with Crippen LogP contribution >= 0.6 is 0 Å². The molecule has 0 fully saturated rings. The van der Waals surface area contributed by atoms with Gasteiger partial charge in [0.2, 0.25) is 5.91 Å². The minimum absolute atomic E-state index is 0.0233. The van der Waals surface area contributed by atoms with Crippen molar-refractivity contribution >= 4 is 23.2 Å². The van der Waals surface area contributed by atoms with Crippen LogP contribution < -0.4 is 15.5 Å². The second kappa shape index (κ2) is 11.0. The first-order valence-corrected chi connectivity index (χ1v) is 11.0. The molecule has 0 aromatic heterocycles. The average Bonchev–Trinajstić information content (AvgIpc) is 2.66. The van der Waals surface area contributed by atoms with Gasteiger partial charge < -0.3 is 15.5 Å². The third-order valence-electron chi connectivity index (χ3n) is 5.04. The number of rotatable bonds is 9. The van der Waals surface area contributed by atoms with Gasteiger partial charge >= 0.3 is 0 Å². The number of amides is 2. The predicted octanol–water partition coefficient (Wildman–Crippen LogP) is 5.13. The van der Waals surface area contributed by atoms with Crippen molar-refractivity contribution in [3.05, 3.63) is 59.7 Å². The first-order valence-electron chi connectivity index (χ1n) is 11.0. The summed E-state index contributed by atoms with van der Waals surface area (Å²) in [7, 11) is 3.81. The molecule has 1 atom stereocenters. The molecule has 2 rings (SSSR count). The van der Waals surface area contributed by atoms with E-state index in [0.29, 0.717) is 30.1 Å². The van der Waals surface area contributed by atoms with Crippen molar-refractivity contribution < 1.29 is 9.59 Å². The Labute approximate surface area is 187 Å². The van der Waals surface area contributed by atoms with Gasteiger partial charge in [-0.2, -0.15) is 0 Å². The maximum atomic E-state index is 12.9. The number of anilines is 2. The minimum atomic E-state index is -0.142. The molecular formula is C26H37N3O2. The molecule has 31 heavy (non-hydrogen) atoms. The molecule has 0 saturated carbocycles. The molecule has 0 aliphatic carbocycles. The van der Waals surface area contributed by atoms with Crippen LogP contribution in [0.15, 0.2) is 48.5 Å². The number of nitrogens with one attached hydrogen (secondary N) is 2. The summed E-state index contributed by atoms with van der Waals surface area (Å²) >= 11 is 0. The average molecular weight is 424 g/mol. The van der Waals surface area contributed by atoms with Crippen LogP contribution in [0.2, 0.25) is 0 Å². The number of carbonyl (C=O) groups is 2. The number of hydrogen-bond acceptors (Lipinski definition) is 3. The van der Waals surface area contributed by atoms with Crippen molar-refractivity contribution in [3.8, 4) is 0 Å². The summed E-state index contributed by atoms with van der Waals surface area (Å²) in [4.78, 5) is 27.3. The molecule has 0 unspecified atom stereocenters. The largest absolute Gasteiger partial charge is 0.377 e. The molecule has 0 saturated heterocycles. The fraction of sp³-hybridized carbons (Fsp3) is 0.462. The van der Waals surface area contributed by atoms with Gasteiger partial charge in [-0.1, -0.05) is 58.0 Å². The van der Waals surface area contributed by atoms with Crippen molar-refractivity contribution in [1.82, 2.24) is 5.32 Å². The fourth-order valence-corrected chi connectivity index (χ4v) is 3.89. The zero-order valence-electron chi connectivity index (χ0n) is 19.8. The number of hydrogen-bond donors (Lipinski definition) is 2. The molecule has 0 spiro atoms. The Kier molecular flexibility index (Phi) is 8.66. The van der Waals surface area contributed by atoms with Gasteiger partial charge in [-0.3, -0.25) is 9.59 Å². The van der Waals surface area contributed by atoms with Crippen LogP contribution in [0.25, 0.3) is 0 Å². The summed E-state index contributed by atoms with van der Waals surface area (Å²) in [5.74, 6) is 0.128. The van der Waals surface area contributed by atoms with Crippen LogP contribution in [0, 0.1) is 11.3 Å². The molecule has 5 nitrogen and oxygen atoms in total. The van der Waals surface area contributed by atoms with Crippen molar-refractivity contribution in [1.29, 1.82) is 0 Å². The van der Waals surface area contributed by atoms with E-state index < -0.39 is 0 Å². The lowest BCUT2D eigenvalue weighted by Crippen LogP contribution is -2.28. The maximum absolute atomic E-state index is 12.9. The van der Waals surface area contributed by atoms with E-state index in [4.69, 9.17) is 0 Å². The molecule has 2 N–H and O–H groups in total. The quantitative estimate of drug-likeness (QED) is 0.588. The molecule has 0 radical (unpaired) electrons. The number of benzene rings is 2. The van der Waals surface area contributed by atoms with E-state index in [1.54, 1.807) is 6.07 Å². The monoisotopic (exact) mass is 423 g/mol. The van der Waals surface area contributed by atoms with E-state index in [1.165, 1.54) is 5.56 Å². The number of carbonyl (C=O) groups excluding carboxylic acids is 2. The topological polar surface area (TPSA) is 61.4 Å². The SMILES string of the molecule is C[C@H](CC(=O)Nc1ccc(N(C)C)c(C(=O)NCCc2ccccc2)c1)CC(C)(C)C. The first kappa shape index (κ1) is 24.4. The van der Waals surface area contributed by atoms with Gasteiger partial charge in [0.05, 0.1) is 5.56 Å². The molecule has 2 aromatic rings. The summed E-state index contributed by atoms with van der Waals surface area (Å²) < 4.78 is 0. The van der Waals surface area contributed by atoms with E-state index in [1.807, 2.05) is 61.5 Å². The van der Waals surface area contributed by atoms with E-state index in [0.717, 1.165) is 18.5 Å². The number of nitrogens with zero attached hydrogens (tertiary/aromatic N) is 1. The fourth-order valence-electron chi connectivity index (χ4n) is 3.89. The van der Waals surface area contributed by atoms with E-state index >= 15 is 0 Å². The van der Waals surface area contributed by atoms with Crippen molar-refractivity contribution in [2.24, 2.45) is 11.3 Å². The van der Waals surface area contributed by atoms with Crippen LogP contribution in [0.1, 0.15) is 56.5 Å². The van der Waals surface area contributed by atoms with Gasteiger partial charge in [-0.15, -0.1) is 0 Å². The molecule has 168 valence electrons. The van der Waals surface area contributed by atoms with Crippen LogP contribution in [0.4, 0.5) is 11.4 Å². The molecule has 0 bridgehead atoms. The highest BCUT2D eigenvalue weighted by Gasteiger charge is 2.19. The molecule has 5 heteroatoms. The van der Waals surface area contributed by atoms with E-state index in [2.05, 4.69) is 38.3 Å². The Morgan fingerprint density at radius 1 is 1.03 bits per heavy atom. The Bertz CT molecular complexity index is 870. The van der Waals surface area contributed by atoms with Gasteiger partial charge in [0.1, 0.15) is 0 Å². The van der Waals surface area contributed by atoms with Crippen LogP contribution in [0.3, 0.4) is 0 Å². The molecule has 0 aliphatic rings. The summed E-state index contributed by atoms with van der Waals surface area (Å²) in [6, 6.07) is 15.6. The highest BCUT2D eigenvalue weighted by molar-refractivity contribution is 6.02. The standard InChI is InChI=1S/C26H37N3O2/c1-19(18-26(2,3)4)16-24(30)28-21-12-13-23(29(5)6)22(17-21)25(31)27-15-14-20-10-8-7-9-11-20/h7-13,17,19H,14-16,18H2,1-6H3,(H,27,31)(H,28,30)/t19-/m1/s1. The van der Waals surface area contributed by atoms with E-state index in [-0.39, 0.29) is 17.2 Å². The second-order valence-electron chi connectivity index (χ2n) is 9.74. The second-order valence-corrected chi connectivity index (χ2v) is 9.74. The van der Waals surface area contributed by atoms with Gasteiger partial charge in [-0.05, 0) is 47.9 Å². The molecule has 0 heterocycles. The molecular weight excluding hydrogens is 386 g/mol.